The molecule has 126 valence electrons. The highest BCUT2D eigenvalue weighted by atomic mass is 32.2. The van der Waals surface area contributed by atoms with Crippen molar-refractivity contribution in [2.24, 2.45) is 0 Å². The Hall–Kier alpha value is -2.43. The van der Waals surface area contributed by atoms with Crippen molar-refractivity contribution in [2.75, 3.05) is 19.4 Å². The predicted octanol–water partition coefficient (Wildman–Crippen LogP) is 2.54. The lowest BCUT2D eigenvalue weighted by Gasteiger charge is -2.20. The van der Waals surface area contributed by atoms with E-state index in [4.69, 9.17) is 10.00 Å². The zero-order valence-electron chi connectivity index (χ0n) is 13.1. The first-order chi connectivity index (χ1) is 11.4. The molecule has 0 amide bonds. The van der Waals surface area contributed by atoms with Crippen LogP contribution >= 0.6 is 0 Å². The van der Waals surface area contributed by atoms with Crippen molar-refractivity contribution >= 4 is 10.0 Å². The molecule has 0 bridgehead atoms. The SMILES string of the molecule is CS(=O)(=O)N(CCOc1ccc(C#N)cc1F)Cc1ccccc1. The molecule has 0 atom stereocenters. The smallest absolute Gasteiger partial charge is 0.211 e. The van der Waals surface area contributed by atoms with Crippen LogP contribution in [-0.4, -0.2) is 32.1 Å². The van der Waals surface area contributed by atoms with Gasteiger partial charge in [0.2, 0.25) is 10.0 Å². The van der Waals surface area contributed by atoms with Crippen LogP contribution in [0.5, 0.6) is 5.75 Å². The number of hydrogen-bond acceptors (Lipinski definition) is 4. The van der Waals surface area contributed by atoms with E-state index in [2.05, 4.69) is 0 Å². The Morgan fingerprint density at radius 2 is 1.92 bits per heavy atom. The molecule has 2 aromatic carbocycles. The fraction of sp³-hybridized carbons (Fsp3) is 0.235. The van der Waals surface area contributed by atoms with Crippen molar-refractivity contribution in [1.82, 2.24) is 4.31 Å². The standard InChI is InChI=1S/C17H17FN2O3S/c1-24(21,22)20(13-14-5-3-2-4-6-14)9-10-23-17-8-7-15(12-19)11-16(17)18/h2-8,11H,9-10,13H2,1H3. The Balaban J connectivity index is 2.00. The quantitative estimate of drug-likeness (QED) is 0.771. The van der Waals surface area contributed by atoms with Crippen molar-refractivity contribution in [2.45, 2.75) is 6.54 Å². The molecule has 24 heavy (non-hydrogen) atoms. The second kappa shape index (κ2) is 7.90. The van der Waals surface area contributed by atoms with Gasteiger partial charge in [-0.05, 0) is 23.8 Å². The summed E-state index contributed by atoms with van der Waals surface area (Å²) in [5.41, 5.74) is 1.05. The zero-order chi connectivity index (χ0) is 17.6. The number of nitrogens with zero attached hydrogens (tertiary/aromatic N) is 2. The van der Waals surface area contributed by atoms with E-state index in [9.17, 15) is 12.8 Å². The number of ether oxygens (including phenoxy) is 1. The van der Waals surface area contributed by atoms with Crippen LogP contribution in [0.1, 0.15) is 11.1 Å². The van der Waals surface area contributed by atoms with Gasteiger partial charge in [0.15, 0.2) is 11.6 Å². The van der Waals surface area contributed by atoms with Crippen LogP contribution in [0.15, 0.2) is 48.5 Å². The van der Waals surface area contributed by atoms with Crippen LogP contribution in [-0.2, 0) is 16.6 Å². The van der Waals surface area contributed by atoms with Crippen molar-refractivity contribution in [3.63, 3.8) is 0 Å². The van der Waals surface area contributed by atoms with Crippen LogP contribution in [0.2, 0.25) is 0 Å². The second-order valence-electron chi connectivity index (χ2n) is 5.19. The predicted molar refractivity (Wildman–Crippen MR) is 88.3 cm³/mol. The van der Waals surface area contributed by atoms with Gasteiger partial charge in [-0.2, -0.15) is 9.57 Å². The molecule has 0 aromatic heterocycles. The third kappa shape index (κ3) is 5.05. The van der Waals surface area contributed by atoms with Crippen molar-refractivity contribution in [1.29, 1.82) is 5.26 Å². The van der Waals surface area contributed by atoms with Crippen LogP contribution in [0.3, 0.4) is 0 Å². The molecule has 0 N–H and O–H groups in total. The number of benzene rings is 2. The minimum absolute atomic E-state index is 0.00270. The summed E-state index contributed by atoms with van der Waals surface area (Å²) in [6.45, 7) is 0.314. The van der Waals surface area contributed by atoms with E-state index in [0.29, 0.717) is 0 Å². The maximum absolute atomic E-state index is 13.7. The molecule has 0 fully saturated rings. The molecule has 0 heterocycles. The zero-order valence-corrected chi connectivity index (χ0v) is 14.0. The summed E-state index contributed by atoms with van der Waals surface area (Å²) in [5, 5.41) is 8.70. The molecule has 5 nitrogen and oxygen atoms in total. The summed E-state index contributed by atoms with van der Waals surface area (Å²) in [4.78, 5) is 0. The fourth-order valence-electron chi connectivity index (χ4n) is 2.09. The Morgan fingerprint density at radius 3 is 2.50 bits per heavy atom. The van der Waals surface area contributed by atoms with E-state index < -0.39 is 15.8 Å². The Bertz CT molecular complexity index is 833. The lowest BCUT2D eigenvalue weighted by atomic mass is 10.2. The second-order valence-corrected chi connectivity index (χ2v) is 7.17. The molecule has 0 aliphatic heterocycles. The largest absolute Gasteiger partial charge is 0.489 e. The van der Waals surface area contributed by atoms with E-state index in [1.165, 1.54) is 16.4 Å². The topological polar surface area (TPSA) is 70.4 Å². The Kier molecular flexibility index (Phi) is 5.90. The van der Waals surface area contributed by atoms with Crippen molar-refractivity contribution in [3.8, 4) is 11.8 Å². The van der Waals surface area contributed by atoms with Gasteiger partial charge in [0.25, 0.3) is 0 Å². The molecular weight excluding hydrogens is 331 g/mol. The monoisotopic (exact) mass is 348 g/mol. The third-order valence-electron chi connectivity index (χ3n) is 3.33. The fourth-order valence-corrected chi connectivity index (χ4v) is 2.88. The summed E-state index contributed by atoms with van der Waals surface area (Å²) in [6.07, 6.45) is 1.12. The Morgan fingerprint density at radius 1 is 1.21 bits per heavy atom. The number of nitriles is 1. The first-order valence-corrected chi connectivity index (χ1v) is 9.06. The van der Waals surface area contributed by atoms with Gasteiger partial charge < -0.3 is 4.74 Å². The lowest BCUT2D eigenvalue weighted by Crippen LogP contribution is -2.33. The number of sulfonamides is 1. The van der Waals surface area contributed by atoms with Crippen LogP contribution in [0.25, 0.3) is 0 Å². The van der Waals surface area contributed by atoms with Gasteiger partial charge in [0.1, 0.15) is 6.61 Å². The minimum Gasteiger partial charge on any atom is -0.489 e. The van der Waals surface area contributed by atoms with Crippen LogP contribution in [0, 0.1) is 17.1 Å². The number of halogens is 1. The van der Waals surface area contributed by atoms with Gasteiger partial charge in [0, 0.05) is 13.1 Å². The molecule has 0 aliphatic rings. The molecule has 2 rings (SSSR count). The van der Waals surface area contributed by atoms with Crippen molar-refractivity contribution < 1.29 is 17.5 Å². The molecule has 0 radical (unpaired) electrons. The van der Waals surface area contributed by atoms with Gasteiger partial charge in [0.05, 0.1) is 17.9 Å². The first-order valence-electron chi connectivity index (χ1n) is 7.21. The van der Waals surface area contributed by atoms with Crippen LogP contribution < -0.4 is 4.74 Å². The van der Waals surface area contributed by atoms with Gasteiger partial charge in [-0.1, -0.05) is 30.3 Å². The first kappa shape index (κ1) is 17.9. The molecule has 0 spiro atoms. The minimum atomic E-state index is -3.42. The van der Waals surface area contributed by atoms with Gasteiger partial charge >= 0.3 is 0 Å². The van der Waals surface area contributed by atoms with E-state index >= 15 is 0 Å². The average Bonchev–Trinajstić information content (AvgIpc) is 2.55. The summed E-state index contributed by atoms with van der Waals surface area (Å²) in [7, 11) is -3.42. The highest BCUT2D eigenvalue weighted by molar-refractivity contribution is 7.88. The maximum Gasteiger partial charge on any atom is 0.211 e. The molecule has 2 aromatic rings. The maximum atomic E-state index is 13.7. The Labute approximate surface area is 141 Å². The van der Waals surface area contributed by atoms with Crippen molar-refractivity contribution in [3.05, 3.63) is 65.5 Å². The summed E-state index contributed by atoms with van der Waals surface area (Å²) >= 11 is 0. The summed E-state index contributed by atoms with van der Waals surface area (Å²) in [6, 6.07) is 14.9. The summed E-state index contributed by atoms with van der Waals surface area (Å²) < 4.78 is 44.1. The number of rotatable bonds is 7. The summed E-state index contributed by atoms with van der Waals surface area (Å²) in [5.74, 6) is -0.662. The highest BCUT2D eigenvalue weighted by Crippen LogP contribution is 2.18. The van der Waals surface area contributed by atoms with E-state index in [0.717, 1.165) is 17.9 Å². The van der Waals surface area contributed by atoms with Gasteiger partial charge in [-0.3, -0.25) is 0 Å². The molecule has 0 unspecified atom stereocenters. The third-order valence-corrected chi connectivity index (χ3v) is 4.58. The normalized spacial score (nSPS) is 11.2. The lowest BCUT2D eigenvalue weighted by molar-refractivity contribution is 0.261. The van der Waals surface area contributed by atoms with E-state index in [1.807, 2.05) is 36.4 Å². The van der Waals surface area contributed by atoms with Crippen LogP contribution in [0.4, 0.5) is 4.39 Å². The molecule has 0 saturated carbocycles. The van der Waals surface area contributed by atoms with Gasteiger partial charge in [-0.15, -0.1) is 0 Å². The van der Waals surface area contributed by atoms with E-state index in [-0.39, 0.29) is 31.0 Å². The molecular formula is C17H17FN2O3S. The highest BCUT2D eigenvalue weighted by Gasteiger charge is 2.17. The molecule has 0 saturated heterocycles. The van der Waals surface area contributed by atoms with E-state index in [1.54, 1.807) is 0 Å². The molecule has 0 aliphatic carbocycles. The number of hydrogen-bond donors (Lipinski definition) is 0. The van der Waals surface area contributed by atoms with Gasteiger partial charge in [-0.25, -0.2) is 12.8 Å². The molecule has 7 heteroatoms. The average molecular weight is 348 g/mol.